The van der Waals surface area contributed by atoms with Gasteiger partial charge in [0.15, 0.2) is 10.6 Å². The van der Waals surface area contributed by atoms with Crippen molar-refractivity contribution in [3.63, 3.8) is 0 Å². The zero-order chi connectivity index (χ0) is 21.4. The van der Waals surface area contributed by atoms with Gasteiger partial charge in [-0.05, 0) is 68.0 Å². The van der Waals surface area contributed by atoms with E-state index in [0.29, 0.717) is 30.1 Å². The maximum Gasteiger partial charge on any atom is 0.229 e. The van der Waals surface area contributed by atoms with Crippen LogP contribution in [-0.2, 0) is 11.5 Å². The molecule has 0 spiro atoms. The van der Waals surface area contributed by atoms with Crippen molar-refractivity contribution in [2.45, 2.75) is 38.4 Å². The van der Waals surface area contributed by atoms with Gasteiger partial charge < -0.3 is 5.32 Å². The fraction of sp³-hybridized carbons (Fsp3) is 0.429. The molecule has 1 saturated carbocycles. The summed E-state index contributed by atoms with van der Waals surface area (Å²) in [6.45, 7) is 2.20. The third kappa shape index (κ3) is 4.59. The summed E-state index contributed by atoms with van der Waals surface area (Å²) < 4.78 is 4.90. The largest absolute Gasteiger partial charge is 0.310 e. The van der Waals surface area contributed by atoms with Gasteiger partial charge in [-0.1, -0.05) is 17.7 Å². The van der Waals surface area contributed by atoms with E-state index >= 15 is 0 Å². The minimum absolute atomic E-state index is 0.00842. The number of halogens is 1. The second-order valence-corrected chi connectivity index (χ2v) is 9.84. The average molecular weight is 475 g/mol. The van der Waals surface area contributed by atoms with Crippen LogP contribution in [0.25, 0.3) is 10.7 Å². The van der Waals surface area contributed by atoms with E-state index in [1.54, 1.807) is 23.5 Å². The Hall–Kier alpha value is -2.07. The molecule has 4 heterocycles. The van der Waals surface area contributed by atoms with E-state index in [1.807, 2.05) is 10.7 Å². The lowest BCUT2D eigenvalue weighted by molar-refractivity contribution is -0.121. The van der Waals surface area contributed by atoms with Gasteiger partial charge in [0.2, 0.25) is 5.91 Å². The molecule has 0 aromatic carbocycles. The molecule has 3 aromatic heterocycles. The van der Waals surface area contributed by atoms with Crippen molar-refractivity contribution in [3.8, 4) is 10.7 Å². The second-order valence-electron chi connectivity index (χ2n) is 8.09. The normalized spacial score (nSPS) is 19.5. The van der Waals surface area contributed by atoms with E-state index < -0.39 is 0 Å². The molecule has 1 saturated heterocycles. The number of likely N-dealkylation sites (tertiary alicyclic amines) is 1. The van der Waals surface area contributed by atoms with Crippen molar-refractivity contribution < 1.29 is 4.79 Å². The van der Waals surface area contributed by atoms with E-state index in [0.717, 1.165) is 47.7 Å². The standard InChI is InChI=1S/C21H23ClN6OS2/c22-15-5-8-18(23-11-15)24-20(29)14-3-1-9-26(12-14)13-27-21(30)28(16-6-7-16)19(25-27)17-4-2-10-31-17/h2,4-5,8,10-11,14,16H,1,3,6-7,9,12-13H2,(H,23,24,29). The van der Waals surface area contributed by atoms with Gasteiger partial charge in [-0.3, -0.25) is 14.3 Å². The highest BCUT2D eigenvalue weighted by Gasteiger charge is 2.31. The number of pyridine rings is 1. The number of hydrogen-bond donors (Lipinski definition) is 1. The first-order valence-corrected chi connectivity index (χ1v) is 12.1. The topological polar surface area (TPSA) is 68.0 Å². The predicted molar refractivity (Wildman–Crippen MR) is 125 cm³/mol. The monoisotopic (exact) mass is 474 g/mol. The van der Waals surface area contributed by atoms with Crippen LogP contribution in [-0.4, -0.2) is 43.2 Å². The lowest BCUT2D eigenvalue weighted by Crippen LogP contribution is -2.41. The van der Waals surface area contributed by atoms with Crippen LogP contribution < -0.4 is 5.32 Å². The van der Waals surface area contributed by atoms with E-state index in [1.165, 1.54) is 6.20 Å². The summed E-state index contributed by atoms with van der Waals surface area (Å²) in [7, 11) is 0. The zero-order valence-electron chi connectivity index (χ0n) is 16.9. The number of anilines is 1. The Morgan fingerprint density at radius 3 is 2.87 bits per heavy atom. The number of nitrogens with one attached hydrogen (secondary N) is 1. The summed E-state index contributed by atoms with van der Waals surface area (Å²) >= 11 is 13.4. The van der Waals surface area contributed by atoms with Gasteiger partial charge in [0, 0.05) is 18.8 Å². The maximum atomic E-state index is 12.8. The SMILES string of the molecule is O=C(Nc1ccc(Cl)cn1)C1CCCN(Cn2nc(-c3cccs3)n(C3CC3)c2=S)C1. The van der Waals surface area contributed by atoms with E-state index in [4.69, 9.17) is 28.9 Å². The van der Waals surface area contributed by atoms with Gasteiger partial charge in [0.25, 0.3) is 0 Å². The van der Waals surface area contributed by atoms with Gasteiger partial charge in [-0.25, -0.2) is 9.67 Å². The first kappa shape index (κ1) is 20.8. The van der Waals surface area contributed by atoms with Crippen molar-refractivity contribution >= 4 is 46.9 Å². The van der Waals surface area contributed by atoms with Gasteiger partial charge >= 0.3 is 0 Å². The number of thiophene rings is 1. The Kier molecular flexibility index (Phi) is 5.92. The van der Waals surface area contributed by atoms with Crippen LogP contribution in [0, 0.1) is 10.7 Å². The number of aromatic nitrogens is 4. The molecule has 10 heteroatoms. The molecule has 162 valence electrons. The van der Waals surface area contributed by atoms with Gasteiger partial charge in [0.1, 0.15) is 5.82 Å². The molecule has 1 atom stereocenters. The van der Waals surface area contributed by atoms with Crippen LogP contribution >= 0.6 is 35.2 Å². The molecule has 1 aliphatic carbocycles. The highest BCUT2D eigenvalue weighted by molar-refractivity contribution is 7.71. The minimum Gasteiger partial charge on any atom is -0.310 e. The summed E-state index contributed by atoms with van der Waals surface area (Å²) in [6.07, 6.45) is 5.67. The highest BCUT2D eigenvalue weighted by Crippen LogP contribution is 2.39. The van der Waals surface area contributed by atoms with Crippen molar-refractivity contribution in [3.05, 3.63) is 45.6 Å². The highest BCUT2D eigenvalue weighted by atomic mass is 35.5. The molecule has 0 radical (unpaired) electrons. The summed E-state index contributed by atoms with van der Waals surface area (Å²) in [5, 5.41) is 10.4. The molecular formula is C21H23ClN6OS2. The van der Waals surface area contributed by atoms with Crippen LogP contribution in [0.4, 0.5) is 5.82 Å². The second kappa shape index (κ2) is 8.82. The molecule has 31 heavy (non-hydrogen) atoms. The van der Waals surface area contributed by atoms with E-state index in [9.17, 15) is 4.79 Å². The molecule has 2 aliphatic rings. The number of carbonyl (C=O) groups excluding carboxylic acids is 1. The van der Waals surface area contributed by atoms with Gasteiger partial charge in [-0.2, -0.15) is 0 Å². The number of hydrogen-bond acceptors (Lipinski definition) is 6. The zero-order valence-corrected chi connectivity index (χ0v) is 19.3. The Morgan fingerprint density at radius 2 is 2.16 bits per heavy atom. The van der Waals surface area contributed by atoms with Crippen molar-refractivity contribution in [1.82, 2.24) is 24.2 Å². The smallest absolute Gasteiger partial charge is 0.229 e. The summed E-state index contributed by atoms with van der Waals surface area (Å²) in [6, 6.07) is 8.04. The molecule has 5 rings (SSSR count). The first-order valence-electron chi connectivity index (χ1n) is 10.5. The Labute approximate surface area is 194 Å². The van der Waals surface area contributed by atoms with Crippen LogP contribution in [0.2, 0.25) is 5.02 Å². The molecule has 1 amide bonds. The number of carbonyl (C=O) groups is 1. The fourth-order valence-corrected chi connectivity index (χ4v) is 5.16. The molecule has 0 bridgehead atoms. The predicted octanol–water partition coefficient (Wildman–Crippen LogP) is 4.83. The molecule has 2 fully saturated rings. The third-order valence-electron chi connectivity index (χ3n) is 5.71. The van der Waals surface area contributed by atoms with Crippen LogP contribution in [0.5, 0.6) is 0 Å². The first-order chi connectivity index (χ1) is 15.1. The van der Waals surface area contributed by atoms with Gasteiger partial charge in [-0.15, -0.1) is 16.4 Å². The molecule has 1 N–H and O–H groups in total. The Morgan fingerprint density at radius 1 is 1.29 bits per heavy atom. The maximum absolute atomic E-state index is 12.8. The summed E-state index contributed by atoms with van der Waals surface area (Å²) in [4.78, 5) is 20.3. The lowest BCUT2D eigenvalue weighted by Gasteiger charge is -2.31. The minimum atomic E-state index is -0.0947. The van der Waals surface area contributed by atoms with Crippen molar-refractivity contribution in [1.29, 1.82) is 0 Å². The average Bonchev–Trinajstić information content (AvgIpc) is 3.35. The van der Waals surface area contributed by atoms with E-state index in [-0.39, 0.29) is 11.8 Å². The van der Waals surface area contributed by atoms with Gasteiger partial charge in [0.05, 0.1) is 22.5 Å². The van der Waals surface area contributed by atoms with Crippen LogP contribution in [0.3, 0.4) is 0 Å². The molecular weight excluding hydrogens is 452 g/mol. The quantitative estimate of drug-likeness (QED) is 0.518. The van der Waals surface area contributed by atoms with E-state index in [2.05, 4.69) is 31.2 Å². The summed E-state index contributed by atoms with van der Waals surface area (Å²) in [5.41, 5.74) is 0. The Balaban J connectivity index is 1.29. The van der Waals surface area contributed by atoms with Crippen molar-refractivity contribution in [2.24, 2.45) is 5.92 Å². The van der Waals surface area contributed by atoms with Crippen LogP contribution in [0.15, 0.2) is 35.8 Å². The molecule has 1 unspecified atom stereocenters. The molecule has 1 aliphatic heterocycles. The Bertz CT molecular complexity index is 1120. The number of piperidine rings is 1. The third-order valence-corrected chi connectivity index (χ3v) is 7.21. The fourth-order valence-electron chi connectivity index (χ4n) is 4.01. The molecule has 3 aromatic rings. The summed E-state index contributed by atoms with van der Waals surface area (Å²) in [5.74, 6) is 1.38. The van der Waals surface area contributed by atoms with Crippen LogP contribution in [0.1, 0.15) is 31.7 Å². The molecule has 7 nitrogen and oxygen atoms in total. The number of rotatable bonds is 6. The lowest BCUT2D eigenvalue weighted by atomic mass is 9.97. The number of amides is 1. The number of nitrogens with zero attached hydrogens (tertiary/aromatic N) is 5. The van der Waals surface area contributed by atoms with Crippen molar-refractivity contribution in [2.75, 3.05) is 18.4 Å².